The van der Waals surface area contributed by atoms with Gasteiger partial charge in [0.15, 0.2) is 0 Å². The molecule has 2 N–H and O–H groups in total. The molecule has 0 bridgehead atoms. The first kappa shape index (κ1) is 11.5. The van der Waals surface area contributed by atoms with E-state index in [1.54, 1.807) is 0 Å². The highest BCUT2D eigenvalue weighted by molar-refractivity contribution is 5.40. The van der Waals surface area contributed by atoms with Crippen molar-refractivity contribution in [2.45, 2.75) is 39.2 Å². The number of rotatable bonds is 4. The van der Waals surface area contributed by atoms with E-state index in [9.17, 15) is 0 Å². The fraction of sp³-hybridized carbons (Fsp3) is 0.571. The van der Waals surface area contributed by atoms with Gasteiger partial charge in [-0.3, -0.25) is 0 Å². The molecule has 2 heteroatoms. The molecule has 1 atom stereocenters. The molecule has 0 saturated heterocycles. The summed E-state index contributed by atoms with van der Waals surface area (Å²) in [5, 5.41) is 0. The van der Waals surface area contributed by atoms with Crippen LogP contribution in [-0.2, 0) is 6.42 Å². The molecule has 1 aromatic carbocycles. The summed E-state index contributed by atoms with van der Waals surface area (Å²) in [4.78, 5) is 0. The Morgan fingerprint density at radius 2 is 2.06 bits per heavy atom. The van der Waals surface area contributed by atoms with E-state index in [0.29, 0.717) is 5.92 Å². The van der Waals surface area contributed by atoms with Crippen LogP contribution in [-0.4, -0.2) is 6.61 Å². The predicted molar refractivity (Wildman–Crippen MR) is 66.6 cm³/mol. The second kappa shape index (κ2) is 4.88. The van der Waals surface area contributed by atoms with Gasteiger partial charge in [-0.15, -0.1) is 0 Å². The van der Waals surface area contributed by atoms with Crippen LogP contribution in [0.5, 0.6) is 5.75 Å². The maximum Gasteiger partial charge on any atom is 0.122 e. The van der Waals surface area contributed by atoms with Gasteiger partial charge in [0.05, 0.1) is 6.61 Å². The molecule has 0 radical (unpaired) electrons. The van der Waals surface area contributed by atoms with E-state index < -0.39 is 0 Å². The molecule has 1 aliphatic heterocycles. The molecule has 0 fully saturated rings. The Kier molecular flexibility index (Phi) is 3.49. The molecule has 1 heterocycles. The topological polar surface area (TPSA) is 35.2 Å². The molecular weight excluding hydrogens is 198 g/mol. The SMILES string of the molecule is CCC(CC)C(N)c1ccc2c(c1)CCO2. The van der Waals surface area contributed by atoms with Crippen LogP contribution in [0.15, 0.2) is 18.2 Å². The quantitative estimate of drug-likeness (QED) is 0.844. The van der Waals surface area contributed by atoms with Crippen molar-refractivity contribution in [2.24, 2.45) is 11.7 Å². The van der Waals surface area contributed by atoms with Crippen molar-refractivity contribution in [3.05, 3.63) is 29.3 Å². The van der Waals surface area contributed by atoms with Gasteiger partial charge < -0.3 is 10.5 Å². The molecule has 16 heavy (non-hydrogen) atoms. The van der Waals surface area contributed by atoms with Crippen molar-refractivity contribution in [1.82, 2.24) is 0 Å². The van der Waals surface area contributed by atoms with E-state index in [0.717, 1.165) is 31.6 Å². The largest absolute Gasteiger partial charge is 0.493 e. The summed E-state index contributed by atoms with van der Waals surface area (Å²) in [5.74, 6) is 1.63. The summed E-state index contributed by atoms with van der Waals surface area (Å²) in [6, 6.07) is 6.58. The minimum atomic E-state index is 0.167. The lowest BCUT2D eigenvalue weighted by molar-refractivity contribution is 0.356. The molecular formula is C14H21NO. The van der Waals surface area contributed by atoms with Crippen LogP contribution in [0.1, 0.15) is 43.9 Å². The van der Waals surface area contributed by atoms with E-state index in [2.05, 4.69) is 32.0 Å². The zero-order chi connectivity index (χ0) is 11.5. The van der Waals surface area contributed by atoms with Gasteiger partial charge in [-0.2, -0.15) is 0 Å². The molecule has 0 aliphatic carbocycles. The van der Waals surface area contributed by atoms with Crippen LogP contribution in [0.25, 0.3) is 0 Å². The average Bonchev–Trinajstić information content (AvgIpc) is 2.77. The smallest absolute Gasteiger partial charge is 0.122 e. The molecule has 2 rings (SSSR count). The maximum atomic E-state index is 6.31. The Hall–Kier alpha value is -1.02. The van der Waals surface area contributed by atoms with Crippen molar-refractivity contribution in [3.63, 3.8) is 0 Å². The maximum absolute atomic E-state index is 6.31. The fourth-order valence-corrected chi connectivity index (χ4v) is 2.48. The third-order valence-electron chi connectivity index (χ3n) is 3.66. The zero-order valence-electron chi connectivity index (χ0n) is 10.2. The van der Waals surface area contributed by atoms with Crippen LogP contribution in [0, 0.1) is 5.92 Å². The molecule has 0 saturated carbocycles. The monoisotopic (exact) mass is 219 g/mol. The lowest BCUT2D eigenvalue weighted by atomic mass is 9.89. The van der Waals surface area contributed by atoms with Gasteiger partial charge in [0.2, 0.25) is 0 Å². The highest BCUT2D eigenvalue weighted by atomic mass is 16.5. The third-order valence-corrected chi connectivity index (χ3v) is 3.66. The van der Waals surface area contributed by atoms with Crippen LogP contribution in [0.3, 0.4) is 0 Å². The standard InChI is InChI=1S/C14H21NO/c1-3-10(4-2)14(15)12-5-6-13-11(9-12)7-8-16-13/h5-6,9-10,14H,3-4,7-8,15H2,1-2H3. The Labute approximate surface area is 97.8 Å². The lowest BCUT2D eigenvalue weighted by Gasteiger charge is -2.22. The van der Waals surface area contributed by atoms with E-state index >= 15 is 0 Å². The van der Waals surface area contributed by atoms with Crippen molar-refractivity contribution < 1.29 is 4.74 Å². The Balaban J connectivity index is 2.20. The number of hydrogen-bond acceptors (Lipinski definition) is 2. The first-order valence-corrected chi connectivity index (χ1v) is 6.27. The number of nitrogens with two attached hydrogens (primary N) is 1. The van der Waals surface area contributed by atoms with E-state index in [1.807, 2.05) is 0 Å². The summed E-state index contributed by atoms with van der Waals surface area (Å²) in [5.41, 5.74) is 8.89. The minimum Gasteiger partial charge on any atom is -0.493 e. The predicted octanol–water partition coefficient (Wildman–Crippen LogP) is 3.06. The lowest BCUT2D eigenvalue weighted by Crippen LogP contribution is -2.20. The first-order valence-electron chi connectivity index (χ1n) is 6.27. The average molecular weight is 219 g/mol. The number of ether oxygens (including phenoxy) is 1. The molecule has 1 aliphatic rings. The second-order valence-corrected chi connectivity index (χ2v) is 4.57. The molecule has 1 unspecified atom stereocenters. The normalized spacial score (nSPS) is 16.0. The molecule has 1 aromatic rings. The van der Waals surface area contributed by atoms with Crippen LogP contribution in [0.2, 0.25) is 0 Å². The summed E-state index contributed by atoms with van der Waals surface area (Å²) in [7, 11) is 0. The number of benzene rings is 1. The van der Waals surface area contributed by atoms with E-state index in [1.165, 1.54) is 11.1 Å². The van der Waals surface area contributed by atoms with Gasteiger partial charge in [-0.1, -0.05) is 38.8 Å². The highest BCUT2D eigenvalue weighted by Gasteiger charge is 2.19. The van der Waals surface area contributed by atoms with Crippen LogP contribution in [0.4, 0.5) is 0 Å². The van der Waals surface area contributed by atoms with Gasteiger partial charge in [0.1, 0.15) is 5.75 Å². The molecule has 0 spiro atoms. The van der Waals surface area contributed by atoms with E-state index in [-0.39, 0.29) is 6.04 Å². The van der Waals surface area contributed by atoms with Gasteiger partial charge in [-0.05, 0) is 23.1 Å². The van der Waals surface area contributed by atoms with Crippen molar-refractivity contribution in [2.75, 3.05) is 6.61 Å². The second-order valence-electron chi connectivity index (χ2n) is 4.57. The van der Waals surface area contributed by atoms with E-state index in [4.69, 9.17) is 10.5 Å². The molecule has 0 amide bonds. The zero-order valence-corrected chi connectivity index (χ0v) is 10.2. The van der Waals surface area contributed by atoms with Crippen molar-refractivity contribution in [3.8, 4) is 5.75 Å². The summed E-state index contributed by atoms with van der Waals surface area (Å²) >= 11 is 0. The van der Waals surface area contributed by atoms with Crippen LogP contribution >= 0.6 is 0 Å². The Morgan fingerprint density at radius 3 is 2.75 bits per heavy atom. The Morgan fingerprint density at radius 1 is 1.31 bits per heavy atom. The minimum absolute atomic E-state index is 0.167. The van der Waals surface area contributed by atoms with Gasteiger partial charge >= 0.3 is 0 Å². The van der Waals surface area contributed by atoms with Crippen molar-refractivity contribution in [1.29, 1.82) is 0 Å². The highest BCUT2D eigenvalue weighted by Crippen LogP contribution is 2.31. The summed E-state index contributed by atoms with van der Waals surface area (Å²) in [6.45, 7) is 5.24. The van der Waals surface area contributed by atoms with Crippen LogP contribution < -0.4 is 10.5 Å². The molecule has 0 aromatic heterocycles. The first-order chi connectivity index (χ1) is 7.76. The number of hydrogen-bond donors (Lipinski definition) is 1. The summed E-state index contributed by atoms with van der Waals surface area (Å²) < 4.78 is 5.51. The van der Waals surface area contributed by atoms with Gasteiger partial charge in [-0.25, -0.2) is 0 Å². The van der Waals surface area contributed by atoms with Crippen molar-refractivity contribution >= 4 is 0 Å². The Bertz CT molecular complexity index is 358. The fourth-order valence-electron chi connectivity index (χ4n) is 2.48. The summed E-state index contributed by atoms with van der Waals surface area (Å²) in [6.07, 6.45) is 3.31. The molecule has 88 valence electrons. The molecule has 2 nitrogen and oxygen atoms in total. The van der Waals surface area contributed by atoms with Gasteiger partial charge in [0.25, 0.3) is 0 Å². The number of fused-ring (bicyclic) bond motifs is 1. The third kappa shape index (κ3) is 2.07. The van der Waals surface area contributed by atoms with Gasteiger partial charge in [0, 0.05) is 12.5 Å².